The van der Waals surface area contributed by atoms with Gasteiger partial charge in [0.2, 0.25) is 5.91 Å². The summed E-state index contributed by atoms with van der Waals surface area (Å²) in [6.07, 6.45) is -0.305. The molecule has 6 nitrogen and oxygen atoms in total. The van der Waals surface area contributed by atoms with Crippen LogP contribution in [0, 0.1) is 0 Å². The van der Waals surface area contributed by atoms with Gasteiger partial charge in [0.15, 0.2) is 0 Å². The number of benzene rings is 1. The Morgan fingerprint density at radius 3 is 2.84 bits per heavy atom. The summed E-state index contributed by atoms with van der Waals surface area (Å²) < 4.78 is 55.6. The molecule has 0 aliphatic carbocycles. The van der Waals surface area contributed by atoms with E-state index in [-0.39, 0.29) is 42.2 Å². The zero-order valence-corrected chi connectivity index (χ0v) is 21.0. The Balaban J connectivity index is 1.60. The smallest absolute Gasteiger partial charge is 0.379 e. The first-order chi connectivity index (χ1) is 17.6. The summed E-state index contributed by atoms with van der Waals surface area (Å²) in [7, 11) is 1.85. The fourth-order valence-electron chi connectivity index (χ4n) is 4.18. The van der Waals surface area contributed by atoms with E-state index >= 15 is 0 Å². The number of piperidine rings is 1. The van der Waals surface area contributed by atoms with Crippen LogP contribution in [0.1, 0.15) is 22.8 Å². The molecule has 0 saturated carbocycles. The topological polar surface area (TPSA) is 70.1 Å². The molecule has 0 bridgehead atoms. The Morgan fingerprint density at radius 1 is 1.32 bits per heavy atom. The van der Waals surface area contributed by atoms with Crippen LogP contribution in [0.3, 0.4) is 0 Å². The average Bonchev–Trinajstić information content (AvgIpc) is 3.35. The van der Waals surface area contributed by atoms with Crippen LogP contribution in [0.4, 0.5) is 23.2 Å². The van der Waals surface area contributed by atoms with Crippen LogP contribution in [0.25, 0.3) is 22.4 Å². The number of pyridine rings is 1. The van der Waals surface area contributed by atoms with Crippen molar-refractivity contribution in [1.29, 1.82) is 0 Å². The van der Waals surface area contributed by atoms with Gasteiger partial charge < -0.3 is 15.5 Å². The number of allylic oxidation sites excluding steroid dienone is 1. The van der Waals surface area contributed by atoms with Crippen molar-refractivity contribution in [2.45, 2.75) is 31.2 Å². The van der Waals surface area contributed by atoms with E-state index in [0.29, 0.717) is 29.0 Å². The van der Waals surface area contributed by atoms with E-state index < -0.39 is 24.0 Å². The van der Waals surface area contributed by atoms with E-state index in [4.69, 9.17) is 0 Å². The molecule has 1 aliphatic rings. The number of carbonyl (C=O) groups is 1. The number of fused-ring (bicyclic) bond motifs is 1. The summed E-state index contributed by atoms with van der Waals surface area (Å²) in [6.45, 7) is 4.41. The third kappa shape index (κ3) is 6.72. The van der Waals surface area contributed by atoms with Gasteiger partial charge in [-0.15, -0.1) is 11.3 Å². The second-order valence-electron chi connectivity index (χ2n) is 8.90. The minimum Gasteiger partial charge on any atom is -0.379 e. The molecule has 2 N–H and O–H groups in total. The first-order valence-corrected chi connectivity index (χ1v) is 12.6. The van der Waals surface area contributed by atoms with Gasteiger partial charge >= 0.3 is 6.18 Å². The van der Waals surface area contributed by atoms with Crippen molar-refractivity contribution in [2.24, 2.45) is 0 Å². The molecule has 2 aromatic heterocycles. The molecule has 11 heteroatoms. The third-order valence-corrected chi connectivity index (χ3v) is 6.89. The van der Waals surface area contributed by atoms with Gasteiger partial charge in [-0.25, -0.2) is 14.4 Å². The largest absolute Gasteiger partial charge is 0.417 e. The Labute approximate surface area is 216 Å². The van der Waals surface area contributed by atoms with Gasteiger partial charge in [0.1, 0.15) is 11.2 Å². The van der Waals surface area contributed by atoms with Crippen molar-refractivity contribution in [3.63, 3.8) is 0 Å². The molecule has 1 aliphatic heterocycles. The van der Waals surface area contributed by atoms with Crippen LogP contribution >= 0.6 is 11.3 Å². The minimum absolute atomic E-state index is 0.150. The number of thiazole rings is 1. The Hall–Kier alpha value is -3.31. The van der Waals surface area contributed by atoms with Crippen molar-refractivity contribution in [2.75, 3.05) is 32.0 Å². The number of likely N-dealkylation sites (tertiary alicyclic amines) is 1. The van der Waals surface area contributed by atoms with Gasteiger partial charge in [0, 0.05) is 47.7 Å². The molecule has 0 spiro atoms. The molecule has 0 radical (unpaired) electrons. The summed E-state index contributed by atoms with van der Waals surface area (Å²) in [5.74, 6) is -0.220. The first-order valence-electron chi connectivity index (χ1n) is 11.7. The number of carbonyl (C=O) groups excluding carboxylic acids is 1. The SMILES string of the molecule is C=C(c1nc(/C=C/CNC(=O)Cc2nccs2)cc2c(N[C@@H]3CCN(C)C[C@@H]3F)cccc12)C(F)(F)F. The van der Waals surface area contributed by atoms with Crippen LogP contribution in [0.5, 0.6) is 0 Å². The number of alkyl halides is 4. The highest BCUT2D eigenvalue weighted by molar-refractivity contribution is 7.09. The monoisotopic (exact) mass is 533 g/mol. The molecule has 1 saturated heterocycles. The number of amides is 1. The minimum atomic E-state index is -4.67. The zero-order chi connectivity index (χ0) is 26.6. The van der Waals surface area contributed by atoms with E-state index in [9.17, 15) is 22.4 Å². The number of nitrogens with one attached hydrogen (secondary N) is 2. The molecule has 2 atom stereocenters. The van der Waals surface area contributed by atoms with Crippen molar-refractivity contribution in [3.8, 4) is 0 Å². The Kier molecular flexibility index (Phi) is 8.23. The summed E-state index contributed by atoms with van der Waals surface area (Å²) >= 11 is 1.38. The van der Waals surface area contributed by atoms with Gasteiger partial charge in [-0.1, -0.05) is 24.8 Å². The lowest BCUT2D eigenvalue weighted by Gasteiger charge is -2.33. The van der Waals surface area contributed by atoms with E-state index in [1.807, 2.05) is 11.9 Å². The first kappa shape index (κ1) is 26.7. The van der Waals surface area contributed by atoms with Crippen LogP contribution in [0.15, 0.2) is 48.5 Å². The Bertz CT molecular complexity index is 1290. The van der Waals surface area contributed by atoms with Crippen LogP contribution in [0.2, 0.25) is 0 Å². The highest BCUT2D eigenvalue weighted by Crippen LogP contribution is 2.37. The highest BCUT2D eigenvalue weighted by Gasteiger charge is 2.35. The molecule has 4 rings (SSSR count). The second kappa shape index (κ2) is 11.4. The van der Waals surface area contributed by atoms with E-state index in [2.05, 4.69) is 27.2 Å². The van der Waals surface area contributed by atoms with Gasteiger partial charge in [-0.05, 0) is 31.7 Å². The number of anilines is 1. The third-order valence-electron chi connectivity index (χ3n) is 6.11. The molecule has 196 valence electrons. The molecular formula is C26H27F4N5OS. The molecular weight excluding hydrogens is 506 g/mol. The second-order valence-corrected chi connectivity index (χ2v) is 9.88. The number of hydrogen-bond acceptors (Lipinski definition) is 6. The maximum atomic E-state index is 14.7. The van der Waals surface area contributed by atoms with Crippen molar-refractivity contribution < 1.29 is 22.4 Å². The maximum absolute atomic E-state index is 14.7. The highest BCUT2D eigenvalue weighted by atomic mass is 32.1. The molecule has 37 heavy (non-hydrogen) atoms. The Morgan fingerprint density at radius 2 is 2.14 bits per heavy atom. The maximum Gasteiger partial charge on any atom is 0.417 e. The lowest BCUT2D eigenvalue weighted by molar-refractivity contribution is -0.120. The average molecular weight is 534 g/mol. The molecule has 1 aromatic carbocycles. The standard InChI is InChI=1S/C26H27F4N5OS/c1-16(26(28,29)30)25-18-6-3-7-21(34-22-8-11-35(2)15-20(22)27)19(18)13-17(33-25)5-4-9-31-23(36)14-24-32-10-12-37-24/h3-7,10,12-13,20,22,34H,1,8-9,11,14-15H2,2H3,(H,31,36)/b5-4+/t20-,22+/m0/s1. The quantitative estimate of drug-likeness (QED) is 0.395. The summed E-state index contributed by atoms with van der Waals surface area (Å²) in [5.41, 5.74) is -0.568. The van der Waals surface area contributed by atoms with Crippen LogP contribution < -0.4 is 10.6 Å². The van der Waals surface area contributed by atoms with Gasteiger partial charge in [-0.3, -0.25) is 4.79 Å². The van der Waals surface area contributed by atoms with Crippen molar-refractivity contribution in [1.82, 2.24) is 20.2 Å². The van der Waals surface area contributed by atoms with E-state index in [1.54, 1.807) is 48.0 Å². The zero-order valence-electron chi connectivity index (χ0n) is 20.2. The predicted molar refractivity (Wildman–Crippen MR) is 139 cm³/mol. The number of aromatic nitrogens is 2. The fourth-order valence-corrected chi connectivity index (χ4v) is 4.80. The number of halogens is 4. The number of rotatable bonds is 8. The molecule has 0 unspecified atom stereocenters. The van der Waals surface area contributed by atoms with Gasteiger partial charge in [0.05, 0.1) is 29.4 Å². The van der Waals surface area contributed by atoms with Crippen LogP contribution in [-0.4, -0.2) is 65.8 Å². The predicted octanol–water partition coefficient (Wildman–Crippen LogP) is 5.09. The summed E-state index contributed by atoms with van der Waals surface area (Å²) in [6, 6.07) is 6.08. The van der Waals surface area contributed by atoms with E-state index in [1.165, 1.54) is 11.3 Å². The molecule has 1 amide bonds. The van der Waals surface area contributed by atoms with Gasteiger partial charge in [0.25, 0.3) is 0 Å². The fraction of sp³-hybridized carbons (Fsp3) is 0.346. The van der Waals surface area contributed by atoms with Gasteiger partial charge in [-0.2, -0.15) is 13.2 Å². The van der Waals surface area contributed by atoms with Crippen LogP contribution in [-0.2, 0) is 11.2 Å². The summed E-state index contributed by atoms with van der Waals surface area (Å²) in [5, 5.41) is 9.15. The van der Waals surface area contributed by atoms with Crippen molar-refractivity contribution in [3.05, 3.63) is 64.9 Å². The number of hydrogen-bond donors (Lipinski definition) is 2. The molecule has 3 aromatic rings. The normalized spacial score (nSPS) is 18.8. The molecule has 3 heterocycles. The lowest BCUT2D eigenvalue weighted by atomic mass is 9.99. The van der Waals surface area contributed by atoms with E-state index in [0.717, 1.165) is 0 Å². The summed E-state index contributed by atoms with van der Waals surface area (Å²) in [4.78, 5) is 22.2. The van der Waals surface area contributed by atoms with Crippen molar-refractivity contribution >= 4 is 45.4 Å². The number of nitrogens with zero attached hydrogens (tertiary/aromatic N) is 3. The molecule has 1 fully saturated rings. The lowest BCUT2D eigenvalue weighted by Crippen LogP contribution is -2.46.